The monoisotopic (exact) mass is 1130 g/mol. The minimum atomic E-state index is -0.866. The molecule has 0 aromatic carbocycles. The summed E-state index contributed by atoms with van der Waals surface area (Å²) in [6.45, 7) is 4.22. The maximum Gasteiger partial charge on any atom is 0.220 e. The molecule has 0 saturated carbocycles. The fraction of sp³-hybridized carbons (Fsp3) is 0.805. The van der Waals surface area contributed by atoms with Crippen molar-refractivity contribution in [2.75, 3.05) is 6.61 Å². The van der Waals surface area contributed by atoms with Crippen LogP contribution in [0.15, 0.2) is 85.1 Å². The molecule has 81 heavy (non-hydrogen) atoms. The van der Waals surface area contributed by atoms with Crippen molar-refractivity contribution >= 4 is 5.91 Å². The van der Waals surface area contributed by atoms with E-state index in [1.165, 1.54) is 295 Å². The number of hydrogen-bond acceptors (Lipinski definition) is 3. The van der Waals surface area contributed by atoms with Gasteiger partial charge in [0.05, 0.1) is 18.8 Å². The van der Waals surface area contributed by atoms with E-state index in [0.717, 1.165) is 64.2 Å². The summed E-state index contributed by atoms with van der Waals surface area (Å²) in [4.78, 5) is 12.5. The summed E-state index contributed by atoms with van der Waals surface area (Å²) in [6, 6.07) is -0.642. The summed E-state index contributed by atoms with van der Waals surface area (Å²) < 4.78 is 0. The summed E-state index contributed by atoms with van der Waals surface area (Å²) in [5, 5.41) is 23.3. The fourth-order valence-electron chi connectivity index (χ4n) is 11.2. The molecule has 0 aromatic rings. The number of aliphatic hydroxyl groups is 2. The van der Waals surface area contributed by atoms with Crippen molar-refractivity contribution in [3.8, 4) is 0 Å². The maximum atomic E-state index is 12.5. The Morgan fingerprint density at radius 3 is 0.864 bits per heavy atom. The molecule has 0 aliphatic heterocycles. The van der Waals surface area contributed by atoms with Gasteiger partial charge in [0, 0.05) is 6.42 Å². The molecule has 0 bridgehead atoms. The zero-order valence-corrected chi connectivity index (χ0v) is 54.6. The van der Waals surface area contributed by atoms with Crippen molar-refractivity contribution in [3.63, 3.8) is 0 Å². The minimum Gasteiger partial charge on any atom is -0.394 e. The highest BCUT2D eigenvalue weighted by Crippen LogP contribution is 2.19. The highest BCUT2D eigenvalue weighted by molar-refractivity contribution is 5.76. The van der Waals surface area contributed by atoms with Gasteiger partial charge in [-0.05, 0) is 77.0 Å². The van der Waals surface area contributed by atoms with E-state index < -0.39 is 12.1 Å². The predicted octanol–water partition coefficient (Wildman–Crippen LogP) is 25.0. The molecule has 4 nitrogen and oxygen atoms in total. The van der Waals surface area contributed by atoms with Crippen LogP contribution in [0.1, 0.15) is 380 Å². The molecule has 0 saturated heterocycles. The number of nitrogens with one attached hydrogen (secondary N) is 1. The van der Waals surface area contributed by atoms with Crippen molar-refractivity contribution in [1.82, 2.24) is 5.32 Å². The van der Waals surface area contributed by atoms with Gasteiger partial charge in [-0.1, -0.05) is 381 Å². The molecule has 0 heterocycles. The molecule has 0 aromatic heterocycles. The van der Waals surface area contributed by atoms with E-state index in [0.29, 0.717) is 6.42 Å². The molecule has 472 valence electrons. The van der Waals surface area contributed by atoms with Crippen molar-refractivity contribution in [2.45, 2.75) is 392 Å². The summed E-state index contributed by atoms with van der Waals surface area (Å²) in [7, 11) is 0. The second-order valence-electron chi connectivity index (χ2n) is 24.6. The van der Waals surface area contributed by atoms with Crippen LogP contribution in [0, 0.1) is 0 Å². The Kier molecular flexibility index (Phi) is 69.7. The smallest absolute Gasteiger partial charge is 0.220 e. The Morgan fingerprint density at radius 2 is 0.556 bits per heavy atom. The molecule has 1 amide bonds. The fourth-order valence-corrected chi connectivity index (χ4v) is 11.2. The number of allylic oxidation sites excluding steroid dienone is 13. The number of carbonyl (C=O) groups excluding carboxylic acids is 1. The highest BCUT2D eigenvalue weighted by atomic mass is 16.3. The second kappa shape index (κ2) is 71.8. The standard InChI is InChI=1S/C77H141NO3/c1-3-5-7-9-11-13-15-17-19-21-23-25-27-29-31-33-35-36-37-38-39-40-41-42-43-45-47-49-51-53-55-57-59-61-63-65-67-69-71-73-77(81)78-75(74-79)76(80)72-70-68-66-64-62-60-58-56-54-52-50-48-46-44-34-32-30-28-26-24-22-20-18-16-14-12-10-8-6-4-2/h5,7,11,13,17,19,23,25,29,31,62,64,70,72,75-76,79-80H,3-4,6,8-10,12,14-16,18,20-22,24,26-28,30,32-61,63,65-69,71,73-74H2,1-2H3,(H,78,81)/b7-5-,13-11-,19-17-,25-23-,31-29-,64-62+,72-70+. The van der Waals surface area contributed by atoms with Crippen molar-refractivity contribution in [1.29, 1.82) is 0 Å². The molecule has 0 aliphatic rings. The van der Waals surface area contributed by atoms with Crippen LogP contribution in [0.5, 0.6) is 0 Å². The number of carbonyl (C=O) groups is 1. The lowest BCUT2D eigenvalue weighted by Gasteiger charge is -2.19. The molecule has 2 unspecified atom stereocenters. The first-order chi connectivity index (χ1) is 40.2. The summed E-state index contributed by atoms with van der Waals surface area (Å²) in [5.74, 6) is -0.0679. The Hall–Kier alpha value is -2.43. The van der Waals surface area contributed by atoms with Gasteiger partial charge in [-0.2, -0.15) is 0 Å². The SMILES string of the molecule is CC/C=C\C/C=C\C/C=C\C/C=C\C/C=C\CCCCCCCCCCCCCCCCCCCCCCCCCC(=O)NC(CO)C(O)/C=C/CC/C=C/CCCCCCCCCCCCCCCCCCCCCCCCCC. The average molecular weight is 1130 g/mol. The van der Waals surface area contributed by atoms with Crippen molar-refractivity contribution in [3.05, 3.63) is 85.1 Å². The van der Waals surface area contributed by atoms with Crippen LogP contribution >= 0.6 is 0 Å². The predicted molar refractivity (Wildman–Crippen MR) is 364 cm³/mol. The number of unbranched alkanes of at least 4 members (excludes halogenated alkanes) is 48. The van der Waals surface area contributed by atoms with Gasteiger partial charge in [-0.3, -0.25) is 4.79 Å². The van der Waals surface area contributed by atoms with Gasteiger partial charge in [0.15, 0.2) is 0 Å². The van der Waals surface area contributed by atoms with Gasteiger partial charge in [-0.25, -0.2) is 0 Å². The summed E-state index contributed by atoms with van der Waals surface area (Å²) in [6.07, 6.45) is 105. The first kappa shape index (κ1) is 78.6. The molecular formula is C77H141NO3. The highest BCUT2D eigenvalue weighted by Gasteiger charge is 2.18. The Labute approximate surface area is 507 Å². The Morgan fingerprint density at radius 1 is 0.309 bits per heavy atom. The zero-order valence-electron chi connectivity index (χ0n) is 54.6. The van der Waals surface area contributed by atoms with Crippen LogP contribution in [0.4, 0.5) is 0 Å². The molecule has 0 spiro atoms. The quantitative estimate of drug-likeness (QED) is 0.0420. The number of aliphatic hydroxyl groups excluding tert-OH is 2. The van der Waals surface area contributed by atoms with Gasteiger partial charge in [0.2, 0.25) is 5.91 Å². The van der Waals surface area contributed by atoms with Gasteiger partial charge < -0.3 is 15.5 Å². The van der Waals surface area contributed by atoms with Gasteiger partial charge in [0.25, 0.3) is 0 Å². The van der Waals surface area contributed by atoms with Gasteiger partial charge >= 0.3 is 0 Å². The topological polar surface area (TPSA) is 69.6 Å². The molecule has 4 heteroatoms. The van der Waals surface area contributed by atoms with E-state index in [9.17, 15) is 15.0 Å². The van der Waals surface area contributed by atoms with E-state index in [-0.39, 0.29) is 12.5 Å². The lowest BCUT2D eigenvalue weighted by Crippen LogP contribution is -2.45. The number of amides is 1. The van der Waals surface area contributed by atoms with Crippen LogP contribution in [0.3, 0.4) is 0 Å². The molecule has 0 radical (unpaired) electrons. The summed E-state index contributed by atoms with van der Waals surface area (Å²) in [5.41, 5.74) is 0. The third-order valence-electron chi connectivity index (χ3n) is 16.6. The second-order valence-corrected chi connectivity index (χ2v) is 24.6. The maximum absolute atomic E-state index is 12.5. The van der Waals surface area contributed by atoms with Crippen molar-refractivity contribution < 1.29 is 15.0 Å². The average Bonchev–Trinajstić information content (AvgIpc) is 3.47. The van der Waals surface area contributed by atoms with E-state index in [4.69, 9.17) is 0 Å². The third-order valence-corrected chi connectivity index (χ3v) is 16.6. The van der Waals surface area contributed by atoms with E-state index in [1.807, 2.05) is 6.08 Å². The van der Waals surface area contributed by atoms with Crippen molar-refractivity contribution in [2.24, 2.45) is 0 Å². The van der Waals surface area contributed by atoms with Crippen LogP contribution < -0.4 is 5.32 Å². The zero-order chi connectivity index (χ0) is 58.4. The minimum absolute atomic E-state index is 0.0679. The Balaban J connectivity index is 3.45. The molecule has 2 atom stereocenters. The first-order valence-corrected chi connectivity index (χ1v) is 36.3. The largest absolute Gasteiger partial charge is 0.394 e. The molecule has 3 N–H and O–H groups in total. The van der Waals surface area contributed by atoms with Crippen LogP contribution in [0.2, 0.25) is 0 Å². The number of hydrogen-bond donors (Lipinski definition) is 3. The lowest BCUT2D eigenvalue weighted by atomic mass is 10.0. The first-order valence-electron chi connectivity index (χ1n) is 36.3. The molecular weight excluding hydrogens is 987 g/mol. The van der Waals surface area contributed by atoms with E-state index in [2.05, 4.69) is 92.1 Å². The normalized spacial score (nSPS) is 13.2. The molecule has 0 fully saturated rings. The van der Waals surface area contributed by atoms with Gasteiger partial charge in [0.1, 0.15) is 0 Å². The van der Waals surface area contributed by atoms with Crippen LogP contribution in [0.25, 0.3) is 0 Å². The molecule has 0 aliphatic carbocycles. The van der Waals surface area contributed by atoms with Crippen LogP contribution in [-0.2, 0) is 4.79 Å². The van der Waals surface area contributed by atoms with Crippen LogP contribution in [-0.4, -0.2) is 34.9 Å². The summed E-state index contributed by atoms with van der Waals surface area (Å²) >= 11 is 0. The van der Waals surface area contributed by atoms with Gasteiger partial charge in [-0.15, -0.1) is 0 Å². The number of rotatable bonds is 67. The van der Waals surface area contributed by atoms with E-state index >= 15 is 0 Å². The lowest BCUT2D eigenvalue weighted by molar-refractivity contribution is -0.123. The third kappa shape index (κ3) is 68.2. The molecule has 0 rings (SSSR count). The Bertz CT molecular complexity index is 1420. The van der Waals surface area contributed by atoms with E-state index in [1.54, 1.807) is 6.08 Å².